The molecule has 0 bridgehead atoms. The van der Waals surface area contributed by atoms with E-state index in [2.05, 4.69) is 23.8 Å². The van der Waals surface area contributed by atoms with Crippen LogP contribution in [0.2, 0.25) is 78.1 Å². The quantitative estimate of drug-likeness (QED) is 0.230. The zero-order chi connectivity index (χ0) is 21.9. The second-order valence-electron chi connectivity index (χ2n) is 9.46. The first-order valence-corrected chi connectivity index (χ1v) is 25.2. The van der Waals surface area contributed by atoms with E-state index < -0.39 is 52.7 Å². The molecule has 0 radical (unpaired) electrons. The minimum absolute atomic E-state index is 0.170. The van der Waals surface area contributed by atoms with E-state index in [-0.39, 0.29) is 6.61 Å². The van der Waals surface area contributed by atoms with Crippen LogP contribution in [-0.2, 0) is 31.0 Å². The minimum atomic E-state index is -4.68. The van der Waals surface area contributed by atoms with Gasteiger partial charge in [0.15, 0.2) is 16.6 Å². The molecule has 0 aliphatic rings. The normalized spacial score (nSPS) is 15.3. The molecule has 0 heterocycles. The van der Waals surface area contributed by atoms with Crippen molar-refractivity contribution in [3.8, 4) is 0 Å². The van der Waals surface area contributed by atoms with E-state index in [1.807, 2.05) is 52.4 Å². The van der Waals surface area contributed by atoms with Crippen LogP contribution >= 0.6 is 0 Å². The molecule has 27 heavy (non-hydrogen) atoms. The van der Waals surface area contributed by atoms with Gasteiger partial charge in [-0.1, -0.05) is 0 Å². The maximum absolute atomic E-state index is 10.6. The summed E-state index contributed by atoms with van der Waals surface area (Å²) in [6, 6.07) is 0.385. The third kappa shape index (κ3) is 15.3. The van der Waals surface area contributed by atoms with Crippen LogP contribution in [0.1, 0.15) is 0 Å². The molecule has 0 fully saturated rings. The van der Waals surface area contributed by atoms with Gasteiger partial charge in [-0.05, 0) is 78.1 Å². The van der Waals surface area contributed by atoms with Crippen molar-refractivity contribution < 1.29 is 33.6 Å². The van der Waals surface area contributed by atoms with Crippen molar-refractivity contribution in [1.29, 1.82) is 0 Å². The zero-order valence-electron chi connectivity index (χ0n) is 18.6. The molecule has 0 unspecified atom stereocenters. The van der Waals surface area contributed by atoms with Crippen LogP contribution in [0.5, 0.6) is 0 Å². The second-order valence-corrected chi connectivity index (χ2v) is 30.4. The second kappa shape index (κ2) is 9.30. The van der Waals surface area contributed by atoms with E-state index in [0.29, 0.717) is 6.04 Å². The summed E-state index contributed by atoms with van der Waals surface area (Å²) in [5.74, 6) is 0. The molecule has 0 N–H and O–H groups in total. The number of hydrogen-bond acceptors (Lipinski definition) is 8. The monoisotopic (exact) mass is 493 g/mol. The smallest absolute Gasteiger partial charge is 0.314 e. The van der Waals surface area contributed by atoms with Gasteiger partial charge >= 0.3 is 25.7 Å². The van der Waals surface area contributed by atoms with E-state index in [1.54, 1.807) is 0 Å². The Morgan fingerprint density at radius 2 is 1.04 bits per heavy atom. The Balaban J connectivity index is 4.90. The highest BCUT2D eigenvalue weighted by atomic mass is 32.3. The maximum atomic E-state index is 10.6. The molecule has 0 saturated carbocycles. The van der Waals surface area contributed by atoms with E-state index >= 15 is 0 Å². The Kier molecular flexibility index (Phi) is 9.57. The Morgan fingerprint density at radius 1 is 0.667 bits per heavy atom. The van der Waals surface area contributed by atoms with Crippen LogP contribution in [-0.4, -0.2) is 61.9 Å². The molecule has 0 aliphatic carbocycles. The molecular formula is C13H37O8SSi5-. The van der Waals surface area contributed by atoms with Gasteiger partial charge in [-0.25, -0.2) is 8.42 Å². The fraction of sp³-hybridized carbons (Fsp3) is 1.00. The van der Waals surface area contributed by atoms with E-state index in [0.717, 1.165) is 0 Å². The molecule has 14 heteroatoms. The topological polar surface area (TPSA) is 103 Å². The summed E-state index contributed by atoms with van der Waals surface area (Å²) in [5, 5.41) is 0. The first kappa shape index (κ1) is 27.8. The fourth-order valence-corrected chi connectivity index (χ4v) is 26.8. The molecule has 0 atom stereocenters. The molecule has 0 spiro atoms. The van der Waals surface area contributed by atoms with Crippen LogP contribution in [0.3, 0.4) is 0 Å². The largest absolute Gasteiger partial charge is 0.726 e. The van der Waals surface area contributed by atoms with Crippen LogP contribution in [0, 0.1) is 0 Å². The molecule has 8 nitrogen and oxygen atoms in total. The molecule has 164 valence electrons. The zero-order valence-corrected chi connectivity index (χ0v) is 24.4. The first-order chi connectivity index (χ1) is 11.5. The van der Waals surface area contributed by atoms with E-state index in [1.165, 1.54) is 0 Å². The van der Waals surface area contributed by atoms with Crippen LogP contribution < -0.4 is 0 Å². The lowest BCUT2D eigenvalue weighted by Gasteiger charge is -2.42. The Hall–Kier alpha value is 0.794. The average Bonchev–Trinajstić information content (AvgIpc) is 2.15. The van der Waals surface area contributed by atoms with Crippen LogP contribution in [0.15, 0.2) is 0 Å². The fourth-order valence-electron chi connectivity index (χ4n) is 3.09. The lowest BCUT2D eigenvalue weighted by molar-refractivity contribution is 0.269. The van der Waals surface area contributed by atoms with Crippen molar-refractivity contribution in [3.05, 3.63) is 0 Å². The lowest BCUT2D eigenvalue weighted by atomic mass is 10.9. The van der Waals surface area contributed by atoms with Gasteiger partial charge in [0.25, 0.3) is 0 Å². The summed E-state index contributed by atoms with van der Waals surface area (Å²) in [6.45, 7) is 22.1. The summed E-state index contributed by atoms with van der Waals surface area (Å²) in [6.07, 6.45) is 0. The Morgan fingerprint density at radius 3 is 1.41 bits per heavy atom. The van der Waals surface area contributed by atoms with Crippen molar-refractivity contribution >= 4 is 52.7 Å². The summed E-state index contributed by atoms with van der Waals surface area (Å²) < 4.78 is 61.4. The van der Waals surface area contributed by atoms with Crippen LogP contribution in [0.4, 0.5) is 0 Å². The van der Waals surface area contributed by atoms with Gasteiger partial charge in [-0.15, -0.1) is 0 Å². The van der Waals surface area contributed by atoms with Crippen LogP contribution in [0.25, 0.3) is 0 Å². The predicted octanol–water partition coefficient (Wildman–Crippen LogP) is 3.68. The van der Waals surface area contributed by atoms with Crippen molar-refractivity contribution in [2.24, 2.45) is 0 Å². The van der Waals surface area contributed by atoms with Gasteiger partial charge in [0.1, 0.15) is 0 Å². The van der Waals surface area contributed by atoms with Crippen molar-refractivity contribution in [1.82, 2.24) is 0 Å². The summed E-state index contributed by atoms with van der Waals surface area (Å²) in [5.41, 5.74) is 0. The van der Waals surface area contributed by atoms with Gasteiger partial charge < -0.3 is 21.0 Å². The SMILES string of the molecule is C[Si](C)(C)O[Si](C)(C)O[Si](C)(C)O[Si](C)(C)O[Si](C)(C)CCOS(=O)(=O)[O-]. The molecule has 0 amide bonds. The lowest BCUT2D eigenvalue weighted by Crippen LogP contribution is -2.58. The van der Waals surface area contributed by atoms with E-state index in [9.17, 15) is 13.0 Å². The van der Waals surface area contributed by atoms with Gasteiger partial charge in [0.2, 0.25) is 10.4 Å². The molecule has 0 aromatic rings. The van der Waals surface area contributed by atoms with Gasteiger partial charge in [-0.2, -0.15) is 0 Å². The highest BCUT2D eigenvalue weighted by molar-refractivity contribution is 7.80. The third-order valence-electron chi connectivity index (χ3n) is 2.99. The van der Waals surface area contributed by atoms with Gasteiger partial charge in [0, 0.05) is 0 Å². The van der Waals surface area contributed by atoms with Crippen molar-refractivity contribution in [2.75, 3.05) is 6.61 Å². The number of hydrogen-bond donors (Lipinski definition) is 0. The highest BCUT2D eigenvalue weighted by Crippen LogP contribution is 2.26. The Labute approximate surface area is 170 Å². The van der Waals surface area contributed by atoms with Crippen molar-refractivity contribution in [3.63, 3.8) is 0 Å². The molecule has 0 aromatic carbocycles. The molecule has 0 aromatic heterocycles. The first-order valence-electron chi connectivity index (χ1n) is 8.94. The van der Waals surface area contributed by atoms with Gasteiger partial charge in [-0.3, -0.25) is 4.18 Å². The minimum Gasteiger partial charge on any atom is -0.726 e. The summed E-state index contributed by atoms with van der Waals surface area (Å²) >= 11 is 0. The average molecular weight is 494 g/mol. The highest BCUT2D eigenvalue weighted by Gasteiger charge is 2.45. The molecule has 0 saturated heterocycles. The summed E-state index contributed by atoms with van der Waals surface area (Å²) in [7, 11) is -16.0. The molecular weight excluding hydrogens is 457 g/mol. The number of rotatable bonds is 12. The molecule has 0 rings (SSSR count). The molecule has 0 aliphatic heterocycles. The summed E-state index contributed by atoms with van der Waals surface area (Å²) in [4.78, 5) is 0. The standard InChI is InChI=1S/C13H38O8SSi5/c1-23(2,3)18-25(6,7)20-27(10,11)21-26(8,9)19-24(4,5)13-12-17-22(14,15)16/h12-13H2,1-11H3,(H,14,15,16)/p-1. The third-order valence-corrected chi connectivity index (χ3v) is 21.3. The Bertz CT molecular complexity index is 586. The predicted molar refractivity (Wildman–Crippen MR) is 118 cm³/mol. The maximum Gasteiger partial charge on any atom is 0.314 e. The van der Waals surface area contributed by atoms with E-state index in [4.69, 9.17) is 16.5 Å². The van der Waals surface area contributed by atoms with Gasteiger partial charge in [0.05, 0.1) is 6.61 Å². The van der Waals surface area contributed by atoms with Crippen molar-refractivity contribution in [2.45, 2.75) is 78.1 Å².